The third-order valence-corrected chi connectivity index (χ3v) is 8.58. The summed E-state index contributed by atoms with van der Waals surface area (Å²) in [6.45, 7) is 2.73. The molecule has 2 fully saturated rings. The van der Waals surface area contributed by atoms with Crippen LogP contribution in [0.4, 0.5) is 4.39 Å². The summed E-state index contributed by atoms with van der Waals surface area (Å²) in [7, 11) is -3.54. The van der Waals surface area contributed by atoms with Gasteiger partial charge in [0.05, 0.1) is 11.0 Å². The highest BCUT2D eigenvalue weighted by molar-refractivity contribution is 7.89. The molecule has 0 aromatic heterocycles. The van der Waals surface area contributed by atoms with Crippen LogP contribution in [-0.4, -0.2) is 63.6 Å². The summed E-state index contributed by atoms with van der Waals surface area (Å²) in [4.78, 5) is 12.7. The fourth-order valence-electron chi connectivity index (χ4n) is 4.52. The number of sulfonamides is 1. The fourth-order valence-corrected chi connectivity index (χ4v) is 6.09. The van der Waals surface area contributed by atoms with Gasteiger partial charge < -0.3 is 20.1 Å². The van der Waals surface area contributed by atoms with Gasteiger partial charge in [-0.15, -0.1) is 0 Å². The molecule has 3 aliphatic rings. The molecule has 2 atom stereocenters. The van der Waals surface area contributed by atoms with Crippen molar-refractivity contribution < 1.29 is 27.1 Å². The van der Waals surface area contributed by atoms with Gasteiger partial charge in [-0.05, 0) is 60.3 Å². The highest BCUT2D eigenvalue weighted by Crippen LogP contribution is 2.40. The summed E-state index contributed by atoms with van der Waals surface area (Å²) >= 11 is 0. The van der Waals surface area contributed by atoms with Crippen LogP contribution in [0.1, 0.15) is 24.0 Å². The molecule has 5 rings (SSSR count). The van der Waals surface area contributed by atoms with Crippen LogP contribution in [0.15, 0.2) is 35.2 Å². The molecule has 36 heavy (non-hydrogen) atoms. The van der Waals surface area contributed by atoms with Crippen LogP contribution in [0.5, 0.6) is 5.75 Å². The molecule has 1 amide bonds. The quantitative estimate of drug-likeness (QED) is 0.602. The Labute approximate surface area is 209 Å². The minimum absolute atomic E-state index is 0.0370. The molecule has 0 bridgehead atoms. The number of hydrogen-bond donors (Lipinski definition) is 2. The third kappa shape index (κ3) is 4.82. The first-order chi connectivity index (χ1) is 17.4. The zero-order valence-corrected chi connectivity index (χ0v) is 20.4. The van der Waals surface area contributed by atoms with E-state index in [4.69, 9.17) is 9.47 Å². The Kier molecular flexibility index (Phi) is 6.94. The lowest BCUT2D eigenvalue weighted by atomic mass is 9.94. The Morgan fingerprint density at radius 2 is 2.08 bits per heavy atom. The van der Waals surface area contributed by atoms with Gasteiger partial charge in [-0.25, -0.2) is 12.8 Å². The molecule has 3 aliphatic heterocycles. The maximum atomic E-state index is 15.1. The highest BCUT2D eigenvalue weighted by Gasteiger charge is 2.31. The number of halogens is 1. The number of ether oxygens (including phenoxy) is 2. The van der Waals surface area contributed by atoms with E-state index in [9.17, 15) is 18.5 Å². The van der Waals surface area contributed by atoms with Crippen LogP contribution in [-0.2, 0) is 32.6 Å². The predicted molar refractivity (Wildman–Crippen MR) is 128 cm³/mol. The van der Waals surface area contributed by atoms with Gasteiger partial charge in [0, 0.05) is 38.2 Å². The van der Waals surface area contributed by atoms with E-state index in [1.54, 1.807) is 24.3 Å². The number of amides is 1. The lowest BCUT2D eigenvalue weighted by Crippen LogP contribution is -2.46. The van der Waals surface area contributed by atoms with Crippen LogP contribution >= 0.6 is 0 Å². The van der Waals surface area contributed by atoms with E-state index in [-0.39, 0.29) is 23.5 Å². The molecule has 0 saturated carbocycles. The Morgan fingerprint density at radius 3 is 2.83 bits per heavy atom. The van der Waals surface area contributed by atoms with E-state index in [0.29, 0.717) is 48.7 Å². The summed E-state index contributed by atoms with van der Waals surface area (Å²) in [5.74, 6) is -0.510. The van der Waals surface area contributed by atoms with Crippen LogP contribution in [0.3, 0.4) is 0 Å². The van der Waals surface area contributed by atoms with Crippen molar-refractivity contribution >= 4 is 15.9 Å². The van der Waals surface area contributed by atoms with E-state index < -0.39 is 33.9 Å². The number of carbonyl (C=O) groups excluding carboxylic acids is 1. The molecule has 3 heterocycles. The molecule has 2 saturated heterocycles. The number of nitrogens with zero attached hydrogens (tertiary/aromatic N) is 2. The van der Waals surface area contributed by atoms with E-state index in [2.05, 4.69) is 10.6 Å². The molecule has 9 nitrogen and oxygen atoms in total. The fraction of sp³-hybridized carbons (Fsp3) is 0.440. The van der Waals surface area contributed by atoms with Gasteiger partial charge in [0.2, 0.25) is 10.0 Å². The van der Waals surface area contributed by atoms with Crippen LogP contribution < -0.4 is 15.4 Å². The average Bonchev–Trinajstić information content (AvgIpc) is 3.12. The van der Waals surface area contributed by atoms with Crippen molar-refractivity contribution in [3.63, 3.8) is 0 Å². The van der Waals surface area contributed by atoms with Gasteiger partial charge in [-0.3, -0.25) is 4.79 Å². The molecule has 0 spiro atoms. The van der Waals surface area contributed by atoms with Crippen molar-refractivity contribution in [2.75, 3.05) is 32.8 Å². The Bertz CT molecular complexity index is 1310. The van der Waals surface area contributed by atoms with Crippen LogP contribution in [0.25, 0.3) is 11.1 Å². The molecule has 2 aromatic carbocycles. The second-order valence-electron chi connectivity index (χ2n) is 9.12. The lowest BCUT2D eigenvalue weighted by Gasteiger charge is -2.30. The van der Waals surface area contributed by atoms with Gasteiger partial charge in [-0.1, -0.05) is 6.07 Å². The van der Waals surface area contributed by atoms with Crippen molar-refractivity contribution in [3.8, 4) is 22.9 Å². The Morgan fingerprint density at radius 1 is 1.25 bits per heavy atom. The van der Waals surface area contributed by atoms with Crippen molar-refractivity contribution in [1.29, 1.82) is 5.26 Å². The summed E-state index contributed by atoms with van der Waals surface area (Å²) in [6, 6.07) is 8.76. The molecule has 2 N–H and O–H groups in total. The standard InChI is InChI=1S/C25H27FN4O5S/c26-22-12-21-20-4-3-19(36(32,33)30-6-2-7-30)10-17(20)15-35-23(21)11-16(22)9-18(13-27)29-25(31)24-14-28-5-1-8-34-24/h3-4,10-12,18,24,28H,1-2,5-9,14-15H2,(H,29,31)/t18?,24-/m0/s1. The maximum absolute atomic E-state index is 15.1. The second-order valence-corrected chi connectivity index (χ2v) is 11.1. The first-order valence-electron chi connectivity index (χ1n) is 12.0. The zero-order chi connectivity index (χ0) is 25.3. The summed E-state index contributed by atoms with van der Waals surface area (Å²) in [5, 5.41) is 15.3. The molecule has 1 unspecified atom stereocenters. The normalized spacial score (nSPS) is 20.5. The monoisotopic (exact) mass is 514 g/mol. The van der Waals surface area contributed by atoms with Crippen molar-refractivity contribution in [1.82, 2.24) is 14.9 Å². The lowest BCUT2D eigenvalue weighted by molar-refractivity contribution is -0.132. The van der Waals surface area contributed by atoms with Crippen LogP contribution in [0, 0.1) is 17.1 Å². The SMILES string of the molecule is N#CC(Cc1cc2c(cc1F)-c1ccc(S(=O)(=O)N3CCC3)cc1CO2)NC(=O)[C@@H]1CNCCCO1. The molecular formula is C25H27FN4O5S. The van der Waals surface area contributed by atoms with Gasteiger partial charge in [-0.2, -0.15) is 9.57 Å². The smallest absolute Gasteiger partial charge is 0.251 e. The first-order valence-corrected chi connectivity index (χ1v) is 13.4. The van der Waals surface area contributed by atoms with E-state index in [0.717, 1.165) is 19.4 Å². The van der Waals surface area contributed by atoms with Gasteiger partial charge >= 0.3 is 0 Å². The number of rotatable bonds is 6. The Hall–Kier alpha value is -3.04. The van der Waals surface area contributed by atoms with E-state index >= 15 is 4.39 Å². The Balaban J connectivity index is 1.34. The van der Waals surface area contributed by atoms with Gasteiger partial charge in [0.1, 0.15) is 30.3 Å². The second kappa shape index (κ2) is 10.1. The zero-order valence-electron chi connectivity index (χ0n) is 19.6. The largest absolute Gasteiger partial charge is 0.488 e. The molecular weight excluding hydrogens is 487 g/mol. The molecule has 0 radical (unpaired) electrons. The number of fused-ring (bicyclic) bond motifs is 3. The third-order valence-electron chi connectivity index (χ3n) is 6.69. The minimum atomic E-state index is -3.54. The maximum Gasteiger partial charge on any atom is 0.251 e. The molecule has 2 aromatic rings. The molecule has 11 heteroatoms. The van der Waals surface area contributed by atoms with Crippen LogP contribution in [0.2, 0.25) is 0 Å². The van der Waals surface area contributed by atoms with Crippen molar-refractivity contribution in [3.05, 3.63) is 47.3 Å². The summed E-state index contributed by atoms with van der Waals surface area (Å²) in [6.07, 6.45) is 0.908. The molecule has 190 valence electrons. The number of carbonyl (C=O) groups is 1. The van der Waals surface area contributed by atoms with Crippen molar-refractivity contribution in [2.45, 2.75) is 42.9 Å². The number of hydrogen-bond acceptors (Lipinski definition) is 7. The highest BCUT2D eigenvalue weighted by atomic mass is 32.2. The van der Waals surface area contributed by atoms with E-state index in [1.807, 2.05) is 6.07 Å². The summed E-state index contributed by atoms with van der Waals surface area (Å²) < 4.78 is 53.4. The van der Waals surface area contributed by atoms with Gasteiger partial charge in [0.15, 0.2) is 0 Å². The number of benzene rings is 2. The molecule has 0 aliphatic carbocycles. The number of nitriles is 1. The topological polar surface area (TPSA) is 121 Å². The van der Waals surface area contributed by atoms with Crippen molar-refractivity contribution in [2.24, 2.45) is 0 Å². The minimum Gasteiger partial charge on any atom is -0.488 e. The number of nitrogens with one attached hydrogen (secondary N) is 2. The van der Waals surface area contributed by atoms with Gasteiger partial charge in [0.25, 0.3) is 5.91 Å². The average molecular weight is 515 g/mol. The predicted octanol–water partition coefficient (Wildman–Crippen LogP) is 1.71. The van der Waals surface area contributed by atoms with E-state index in [1.165, 1.54) is 10.4 Å². The first kappa shape index (κ1) is 24.6. The summed E-state index contributed by atoms with van der Waals surface area (Å²) in [5.41, 5.74) is 2.12.